The number of hydrogen-bond donors (Lipinski definition) is 2. The molecule has 1 amide bonds. The Kier molecular flexibility index (Phi) is 5.90. The Morgan fingerprint density at radius 2 is 1.89 bits per heavy atom. The van der Waals surface area contributed by atoms with Gasteiger partial charge in [0.15, 0.2) is 5.78 Å². The summed E-state index contributed by atoms with van der Waals surface area (Å²) in [6, 6.07) is 13.0. The number of ether oxygens (including phenoxy) is 1. The number of nitrogens with two attached hydrogens (primary N) is 1. The van der Waals surface area contributed by atoms with E-state index in [0.29, 0.717) is 39.9 Å². The first-order chi connectivity index (χ1) is 17.2. The van der Waals surface area contributed by atoms with Gasteiger partial charge in [-0.3, -0.25) is 14.5 Å². The molecule has 0 bridgehead atoms. The maximum absolute atomic E-state index is 13.9. The fourth-order valence-corrected chi connectivity index (χ4v) is 5.84. The van der Waals surface area contributed by atoms with Crippen LogP contribution in [0.5, 0.6) is 0 Å². The number of nitrogens with zero attached hydrogens (tertiary/aromatic N) is 2. The van der Waals surface area contributed by atoms with Crippen molar-refractivity contribution in [1.82, 2.24) is 0 Å². The average Bonchev–Trinajstić information content (AvgIpc) is 3.11. The monoisotopic (exact) mass is 550 g/mol. The third kappa shape index (κ3) is 3.37. The number of rotatable bonds is 4. The molecule has 2 aromatic carbocycles. The van der Waals surface area contributed by atoms with Crippen LogP contribution in [0.15, 0.2) is 69.6 Å². The molecular weight excluding hydrogens is 524 g/mol. The van der Waals surface area contributed by atoms with Crippen LogP contribution in [0.3, 0.4) is 0 Å². The maximum atomic E-state index is 13.9. The average molecular weight is 551 g/mol. The summed E-state index contributed by atoms with van der Waals surface area (Å²) < 4.78 is 6.16. The zero-order chi connectivity index (χ0) is 25.8. The predicted molar refractivity (Wildman–Crippen MR) is 141 cm³/mol. The molecular formula is C27H27BrN4O4. The molecule has 1 aliphatic carbocycles. The summed E-state index contributed by atoms with van der Waals surface area (Å²) in [5.74, 6) is -1.30. The summed E-state index contributed by atoms with van der Waals surface area (Å²) in [7, 11) is 3.89. The lowest BCUT2D eigenvalue weighted by atomic mass is 9.63. The molecule has 0 saturated heterocycles. The lowest BCUT2D eigenvalue weighted by molar-refractivity contribution is -0.140. The van der Waals surface area contributed by atoms with Crippen LogP contribution < -0.4 is 20.9 Å². The SMILES string of the molecule is CCOC(=O)C1=C(N)N(c2ccc(N(C)C)cc2)C2=C(C(=O)CCC2)C12C(=O)Nc1ccc(Br)cc12. The molecule has 3 N–H and O–H groups in total. The number of carbonyl (C=O) groups is 3. The number of esters is 1. The Bertz CT molecular complexity index is 1360. The van der Waals surface area contributed by atoms with Crippen molar-refractivity contribution < 1.29 is 19.1 Å². The summed E-state index contributed by atoms with van der Waals surface area (Å²) in [5, 5.41) is 2.89. The Morgan fingerprint density at radius 3 is 2.56 bits per heavy atom. The molecule has 9 heteroatoms. The highest BCUT2D eigenvalue weighted by molar-refractivity contribution is 9.10. The molecule has 1 atom stereocenters. The third-order valence-corrected chi connectivity index (χ3v) is 7.47. The summed E-state index contributed by atoms with van der Waals surface area (Å²) in [5.41, 5.74) is 8.74. The van der Waals surface area contributed by atoms with E-state index in [9.17, 15) is 14.4 Å². The summed E-state index contributed by atoms with van der Waals surface area (Å²) in [6.07, 6.45) is 1.43. The largest absolute Gasteiger partial charge is 0.462 e. The van der Waals surface area contributed by atoms with Gasteiger partial charge in [0.2, 0.25) is 5.91 Å². The number of nitrogens with one attached hydrogen (secondary N) is 1. The molecule has 2 heterocycles. The molecule has 0 aromatic heterocycles. The van der Waals surface area contributed by atoms with E-state index in [1.54, 1.807) is 30.0 Å². The van der Waals surface area contributed by atoms with Crippen LogP contribution in [-0.4, -0.2) is 38.4 Å². The fraction of sp³-hybridized carbons (Fsp3) is 0.296. The molecule has 0 fully saturated rings. The zero-order valence-corrected chi connectivity index (χ0v) is 21.9. The minimum atomic E-state index is -1.69. The molecule has 2 aliphatic heterocycles. The molecule has 0 radical (unpaired) electrons. The second kappa shape index (κ2) is 8.81. The minimum Gasteiger partial charge on any atom is -0.462 e. The summed E-state index contributed by atoms with van der Waals surface area (Å²) >= 11 is 3.49. The first kappa shape index (κ1) is 24.1. The number of fused-ring (bicyclic) bond motifs is 3. The van der Waals surface area contributed by atoms with Gasteiger partial charge in [-0.05, 0) is 62.2 Å². The van der Waals surface area contributed by atoms with Gasteiger partial charge in [-0.15, -0.1) is 0 Å². The van der Waals surface area contributed by atoms with Gasteiger partial charge < -0.3 is 20.7 Å². The van der Waals surface area contributed by atoms with Crippen LogP contribution in [0.25, 0.3) is 0 Å². The Morgan fingerprint density at radius 1 is 1.17 bits per heavy atom. The van der Waals surface area contributed by atoms with Gasteiger partial charge in [0.1, 0.15) is 16.8 Å². The van der Waals surface area contributed by atoms with Crippen LogP contribution in [0.2, 0.25) is 0 Å². The van der Waals surface area contributed by atoms with Crippen LogP contribution in [0.4, 0.5) is 17.1 Å². The number of benzene rings is 2. The van der Waals surface area contributed by atoms with Crippen LogP contribution in [0.1, 0.15) is 31.7 Å². The van der Waals surface area contributed by atoms with Crippen molar-refractivity contribution >= 4 is 50.7 Å². The molecule has 2 aromatic rings. The number of Topliss-reactive ketones (excluding diaryl/α,β-unsaturated/α-hetero) is 1. The van der Waals surface area contributed by atoms with Crippen molar-refractivity contribution in [3.63, 3.8) is 0 Å². The van der Waals surface area contributed by atoms with Crippen molar-refractivity contribution in [2.24, 2.45) is 5.73 Å². The number of anilines is 3. The van der Waals surface area contributed by atoms with Crippen molar-refractivity contribution in [3.8, 4) is 0 Å². The number of ketones is 1. The lowest BCUT2D eigenvalue weighted by Crippen LogP contribution is -2.53. The van der Waals surface area contributed by atoms with Crippen molar-refractivity contribution in [2.75, 3.05) is 35.8 Å². The highest BCUT2D eigenvalue weighted by Crippen LogP contribution is 2.56. The van der Waals surface area contributed by atoms with E-state index in [1.165, 1.54) is 0 Å². The molecule has 36 heavy (non-hydrogen) atoms. The number of carbonyl (C=O) groups excluding carboxylic acids is 3. The van der Waals surface area contributed by atoms with E-state index < -0.39 is 17.3 Å². The lowest BCUT2D eigenvalue weighted by Gasteiger charge is -2.44. The van der Waals surface area contributed by atoms with Crippen molar-refractivity contribution in [2.45, 2.75) is 31.6 Å². The van der Waals surface area contributed by atoms with Crippen molar-refractivity contribution in [1.29, 1.82) is 0 Å². The van der Waals surface area contributed by atoms with Gasteiger partial charge in [-0.25, -0.2) is 4.79 Å². The van der Waals surface area contributed by atoms with E-state index in [0.717, 1.165) is 5.69 Å². The van der Waals surface area contributed by atoms with E-state index in [-0.39, 0.29) is 35.8 Å². The number of halogens is 1. The zero-order valence-electron chi connectivity index (χ0n) is 20.4. The van der Waals surface area contributed by atoms with Gasteiger partial charge in [0, 0.05) is 58.9 Å². The Balaban J connectivity index is 1.85. The minimum absolute atomic E-state index is 0.0376. The second-order valence-electron chi connectivity index (χ2n) is 9.22. The van der Waals surface area contributed by atoms with E-state index in [2.05, 4.69) is 21.2 Å². The van der Waals surface area contributed by atoms with Crippen LogP contribution >= 0.6 is 15.9 Å². The maximum Gasteiger partial charge on any atom is 0.339 e. The van der Waals surface area contributed by atoms with Crippen LogP contribution in [-0.2, 0) is 24.5 Å². The quantitative estimate of drug-likeness (QED) is 0.555. The van der Waals surface area contributed by atoms with Crippen LogP contribution in [0, 0.1) is 0 Å². The molecule has 186 valence electrons. The van der Waals surface area contributed by atoms with Gasteiger partial charge in [-0.2, -0.15) is 0 Å². The molecule has 1 unspecified atom stereocenters. The third-order valence-electron chi connectivity index (χ3n) is 6.98. The molecule has 8 nitrogen and oxygen atoms in total. The molecule has 1 spiro atoms. The Hall–Kier alpha value is -3.59. The molecule has 0 saturated carbocycles. The molecule has 5 rings (SSSR count). The standard InChI is InChI=1S/C27H27BrN4O4/c1-4-36-25(34)23-24(29)32(17-11-9-16(10-12-17)31(2)3)20-6-5-7-21(33)22(20)27(23)18-14-15(28)8-13-19(18)30-26(27)35/h8-14H,4-7,29H2,1-3H3,(H,30,35). The van der Waals surface area contributed by atoms with Gasteiger partial charge in [0.25, 0.3) is 0 Å². The van der Waals surface area contributed by atoms with Crippen molar-refractivity contribution in [3.05, 3.63) is 75.2 Å². The fourth-order valence-electron chi connectivity index (χ4n) is 5.48. The number of hydrogen-bond acceptors (Lipinski definition) is 7. The van der Waals surface area contributed by atoms with Gasteiger partial charge >= 0.3 is 5.97 Å². The highest BCUT2D eigenvalue weighted by atomic mass is 79.9. The van der Waals surface area contributed by atoms with Gasteiger partial charge in [-0.1, -0.05) is 15.9 Å². The summed E-state index contributed by atoms with van der Waals surface area (Å²) in [6.45, 7) is 1.79. The van der Waals surface area contributed by atoms with Gasteiger partial charge in [0.05, 0.1) is 6.61 Å². The number of amides is 1. The highest BCUT2D eigenvalue weighted by Gasteiger charge is 2.62. The van der Waals surface area contributed by atoms with E-state index in [1.807, 2.05) is 43.3 Å². The predicted octanol–water partition coefficient (Wildman–Crippen LogP) is 3.97. The summed E-state index contributed by atoms with van der Waals surface area (Å²) in [4.78, 5) is 44.9. The smallest absolute Gasteiger partial charge is 0.339 e. The second-order valence-corrected chi connectivity index (χ2v) is 10.1. The molecule has 3 aliphatic rings. The normalized spacial score (nSPS) is 20.9. The topological polar surface area (TPSA) is 105 Å². The number of allylic oxidation sites excluding steroid dienone is 1. The first-order valence-corrected chi connectivity index (χ1v) is 12.6. The van der Waals surface area contributed by atoms with E-state index in [4.69, 9.17) is 10.5 Å². The van der Waals surface area contributed by atoms with E-state index >= 15 is 0 Å². The Labute approximate surface area is 217 Å². The first-order valence-electron chi connectivity index (χ1n) is 11.8.